The molecule has 12 heteroatoms. The van der Waals surface area contributed by atoms with E-state index < -0.39 is 0 Å². The summed E-state index contributed by atoms with van der Waals surface area (Å²) in [5.74, 6) is 5.38. The monoisotopic (exact) mass is 1730 g/mol. The maximum Gasteiger partial charge on any atom is 0.252 e. The molecule has 6 aliphatic rings. The molecule has 0 amide bonds. The number of ether oxygens (including phenoxy) is 3. The normalized spacial score (nSPS) is 14.5. The van der Waals surface area contributed by atoms with Crippen molar-refractivity contribution in [1.82, 2.24) is 18.3 Å². The van der Waals surface area contributed by atoms with Crippen molar-refractivity contribution in [2.75, 3.05) is 0 Å². The molecule has 634 valence electrons. The predicted molar refractivity (Wildman–Crippen MR) is 560 cm³/mol. The molecule has 135 heavy (non-hydrogen) atoms. The van der Waals surface area contributed by atoms with Crippen LogP contribution in [-0.2, 0) is 16.2 Å². The van der Waals surface area contributed by atoms with Crippen molar-refractivity contribution in [3.63, 3.8) is 0 Å². The van der Waals surface area contributed by atoms with Gasteiger partial charge in [0.15, 0.2) is 22.7 Å². The van der Waals surface area contributed by atoms with Crippen LogP contribution in [0.1, 0.15) is 74.9 Å². The molecule has 0 saturated heterocycles. The highest BCUT2D eigenvalue weighted by Crippen LogP contribution is 2.53. The number of para-hydroxylation sites is 10. The molecule has 0 bridgehead atoms. The summed E-state index contributed by atoms with van der Waals surface area (Å²) in [6, 6.07) is 143. The third-order valence-corrected chi connectivity index (χ3v) is 31.0. The largest absolute Gasteiger partial charge is 0.458 e. The van der Waals surface area contributed by atoms with Gasteiger partial charge in [-0.2, -0.15) is 0 Å². The first-order valence-electron chi connectivity index (χ1n) is 47.1. The summed E-state index contributed by atoms with van der Waals surface area (Å²) in [6.07, 6.45) is 0. The average molecular weight is 1730 g/mol. The van der Waals surface area contributed by atoms with Crippen LogP contribution in [0.3, 0.4) is 0 Å². The Balaban J connectivity index is 0.0000000995. The lowest BCUT2D eigenvalue weighted by Crippen LogP contribution is -2.62. The first-order valence-corrected chi connectivity index (χ1v) is 47.1. The van der Waals surface area contributed by atoms with Crippen LogP contribution in [0.15, 0.2) is 403 Å². The van der Waals surface area contributed by atoms with Gasteiger partial charge in [0.25, 0.3) is 20.1 Å². The summed E-state index contributed by atoms with van der Waals surface area (Å²) < 4.78 is 43.9. The molecular formula is C123H83B3N4O5. The molecule has 25 aromatic rings. The molecule has 12 heterocycles. The van der Waals surface area contributed by atoms with Crippen molar-refractivity contribution < 1.29 is 23.0 Å². The van der Waals surface area contributed by atoms with E-state index in [2.05, 4.69) is 430 Å². The molecule has 0 unspecified atom stereocenters. The van der Waals surface area contributed by atoms with E-state index in [0.717, 1.165) is 106 Å². The zero-order valence-corrected chi connectivity index (χ0v) is 75.1. The molecule has 19 aromatic carbocycles. The van der Waals surface area contributed by atoms with Gasteiger partial charge in [-0.25, -0.2) is 0 Å². The molecule has 6 aromatic heterocycles. The number of fused-ring (bicyclic) bond motifs is 34. The zero-order chi connectivity index (χ0) is 89.3. The Morgan fingerprint density at radius 1 is 0.215 bits per heavy atom. The minimum Gasteiger partial charge on any atom is -0.458 e. The first-order chi connectivity index (χ1) is 66.3. The van der Waals surface area contributed by atoms with Gasteiger partial charge >= 0.3 is 0 Å². The number of hydrogen-bond acceptors (Lipinski definition) is 5. The molecule has 31 rings (SSSR count). The van der Waals surface area contributed by atoms with Crippen molar-refractivity contribution in [1.29, 1.82) is 0 Å². The SMILES string of the molecule is CC1(C)c2ccccc2B2c3cc4c(cc3Oc3cc5c6ccccc6n(-c6ccccc6)c5c1c32)c1ccccc1n4-c1ccccc1.CC1(C)c2ccccc2B2c3cc4c5ccccc5n(-c5ccccc5)c4cc3Oc3cc4c(c1c32)c1ccccc1n4-c1ccccc1.CC1(C)c2ccccc2B2c3ccc4c(oc5ccccc54)c3Oc3c2c1cc1c3oc2ccccc21. The van der Waals surface area contributed by atoms with Gasteiger partial charge in [-0.05, 0) is 175 Å². The van der Waals surface area contributed by atoms with Crippen LogP contribution in [0, 0.1) is 0 Å². The lowest BCUT2D eigenvalue weighted by atomic mass is 9.30. The zero-order valence-electron chi connectivity index (χ0n) is 75.1. The summed E-state index contributed by atoms with van der Waals surface area (Å²) >= 11 is 0. The quantitative estimate of drug-likeness (QED) is 0.164. The van der Waals surface area contributed by atoms with Crippen molar-refractivity contribution in [3.8, 4) is 57.2 Å². The Hall–Kier alpha value is -16.4. The lowest BCUT2D eigenvalue weighted by molar-refractivity contribution is 0.473. The molecule has 0 atom stereocenters. The average Bonchev–Trinajstić information content (AvgIpc) is 1.66. The second-order valence-electron chi connectivity index (χ2n) is 39.0. The molecule has 0 saturated carbocycles. The van der Waals surface area contributed by atoms with E-state index in [-0.39, 0.29) is 36.4 Å². The Bertz CT molecular complexity index is 9470. The standard InChI is InChI=1S/2C45H31BN2O.C33H21BO3/c1-45(2)34-21-11-12-22-35(34)46-36-27-39-32(30-19-9-13-23-37(30)47(39)28-15-5-3-6-16-28)25-40(36)49-41-26-33-31-20-10-14-24-38(31)48(29-17-7-4-8-18-29)44(33)42(45)43(41)46;1-45(2)33-21-11-12-22-34(33)46-35-25-32-30-19-9-13-23-36(30)47(28-15-5-3-6-16-28)38(32)26-40(35)49-41-27-39-42(43(45)44(41)46)31-20-10-14-24-37(31)48(39)29-17-7-4-8-18-29;1-33(2)22-11-5-6-12-24(22)34-25-16-15-20-18-9-3-7-13-26(18)35-29(20)31(25)37-32-28(34)23(33)17-21-19-10-4-8-14-27(19)36-30(21)32/h2*3-27H,1-2H3;3-17H,1-2H3. The predicted octanol–water partition coefficient (Wildman–Crippen LogP) is 25.0. The maximum absolute atomic E-state index is 7.20. The van der Waals surface area contributed by atoms with Gasteiger partial charge in [-0.1, -0.05) is 331 Å². The number of benzene rings is 19. The van der Waals surface area contributed by atoms with Crippen LogP contribution >= 0.6 is 0 Å². The van der Waals surface area contributed by atoms with Gasteiger partial charge in [-0.3, -0.25) is 0 Å². The highest BCUT2D eigenvalue weighted by molar-refractivity contribution is 7.00. The van der Waals surface area contributed by atoms with Gasteiger partial charge in [0.2, 0.25) is 0 Å². The van der Waals surface area contributed by atoms with E-state index in [1.807, 2.05) is 24.3 Å². The molecular weight excluding hydrogens is 1650 g/mol. The van der Waals surface area contributed by atoms with Crippen molar-refractivity contribution >= 4 is 200 Å². The van der Waals surface area contributed by atoms with Gasteiger partial charge in [-0.15, -0.1) is 0 Å². The van der Waals surface area contributed by atoms with Gasteiger partial charge in [0.1, 0.15) is 34.2 Å². The highest BCUT2D eigenvalue weighted by Gasteiger charge is 2.52. The molecule has 0 fully saturated rings. The lowest BCUT2D eigenvalue weighted by Gasteiger charge is -2.42. The minimum atomic E-state index is -0.276. The van der Waals surface area contributed by atoms with Crippen molar-refractivity contribution in [3.05, 3.63) is 428 Å². The van der Waals surface area contributed by atoms with Crippen molar-refractivity contribution in [2.24, 2.45) is 0 Å². The van der Waals surface area contributed by atoms with E-state index in [4.69, 9.17) is 23.0 Å². The van der Waals surface area contributed by atoms with Gasteiger partial charge in [0, 0.05) is 116 Å². The van der Waals surface area contributed by atoms with E-state index in [1.165, 1.54) is 164 Å². The number of furan rings is 2. The minimum absolute atomic E-state index is 0.0243. The number of hydrogen-bond donors (Lipinski definition) is 0. The Labute approximate surface area is 779 Å². The number of aromatic nitrogens is 4. The fourth-order valence-corrected chi connectivity index (χ4v) is 25.3. The van der Waals surface area contributed by atoms with Gasteiger partial charge in [0.05, 0.1) is 44.1 Å². The third kappa shape index (κ3) is 10.5. The summed E-state index contributed by atoms with van der Waals surface area (Å²) in [5, 5.41) is 14.4. The van der Waals surface area contributed by atoms with Crippen molar-refractivity contribution in [2.45, 2.75) is 57.8 Å². The van der Waals surface area contributed by atoms with Crippen LogP contribution in [0.25, 0.3) is 154 Å². The van der Waals surface area contributed by atoms with E-state index in [9.17, 15) is 0 Å². The fourth-order valence-electron chi connectivity index (χ4n) is 25.3. The maximum atomic E-state index is 7.20. The van der Waals surface area contributed by atoms with E-state index in [0.29, 0.717) is 0 Å². The second-order valence-corrected chi connectivity index (χ2v) is 39.0. The van der Waals surface area contributed by atoms with Crippen LogP contribution in [-0.4, -0.2) is 38.4 Å². The summed E-state index contributed by atoms with van der Waals surface area (Å²) in [5.41, 5.74) is 36.3. The first kappa shape index (κ1) is 76.3. The Kier molecular flexibility index (Phi) is 15.7. The summed E-state index contributed by atoms with van der Waals surface area (Å²) in [6.45, 7) is 14.4. The number of nitrogens with zero attached hydrogens (tertiary/aromatic N) is 4. The van der Waals surface area contributed by atoms with Crippen LogP contribution in [0.4, 0.5) is 0 Å². The highest BCUT2D eigenvalue weighted by atomic mass is 16.5. The second kappa shape index (κ2) is 27.8. The van der Waals surface area contributed by atoms with Crippen LogP contribution < -0.4 is 63.4 Å². The summed E-state index contributed by atoms with van der Waals surface area (Å²) in [4.78, 5) is 0. The van der Waals surface area contributed by atoms with E-state index >= 15 is 0 Å². The third-order valence-electron chi connectivity index (χ3n) is 31.0. The van der Waals surface area contributed by atoms with E-state index in [1.54, 1.807) is 0 Å². The fraction of sp³-hybridized carbons (Fsp3) is 0.0732. The molecule has 0 N–H and O–H groups in total. The Morgan fingerprint density at radius 3 is 1.16 bits per heavy atom. The smallest absolute Gasteiger partial charge is 0.252 e. The molecule has 6 aliphatic heterocycles. The molecule has 0 radical (unpaired) electrons. The molecule has 0 spiro atoms. The van der Waals surface area contributed by atoms with Gasteiger partial charge < -0.3 is 41.3 Å². The molecule has 9 nitrogen and oxygen atoms in total. The Morgan fingerprint density at radius 2 is 0.593 bits per heavy atom. The van der Waals surface area contributed by atoms with Crippen LogP contribution in [0.2, 0.25) is 0 Å². The summed E-state index contributed by atoms with van der Waals surface area (Å²) in [7, 11) is 0. The molecule has 0 aliphatic carbocycles. The van der Waals surface area contributed by atoms with Crippen LogP contribution in [0.5, 0.6) is 34.5 Å². The number of rotatable bonds is 4. The topological polar surface area (TPSA) is 73.7 Å².